The lowest BCUT2D eigenvalue weighted by Gasteiger charge is -2.33. The Morgan fingerprint density at radius 3 is 2.52 bits per heavy atom. The van der Waals surface area contributed by atoms with E-state index < -0.39 is 10.2 Å². The van der Waals surface area contributed by atoms with Gasteiger partial charge >= 0.3 is 0 Å². The maximum atomic E-state index is 12.6. The zero-order valence-corrected chi connectivity index (χ0v) is 15.2. The second kappa shape index (κ2) is 7.72. The zero-order chi connectivity index (χ0) is 17.9. The van der Waals surface area contributed by atoms with Gasteiger partial charge in [-0.05, 0) is 44.0 Å². The highest BCUT2D eigenvalue weighted by Gasteiger charge is 2.25. The van der Waals surface area contributed by atoms with Crippen molar-refractivity contribution < 1.29 is 17.9 Å². The largest absolute Gasteiger partial charge is 0.377 e. The fourth-order valence-electron chi connectivity index (χ4n) is 3.32. The predicted octanol–water partition coefficient (Wildman–Crippen LogP) is 1.74. The number of carbonyl (C=O) groups excluding carboxylic acids is 1. The molecule has 3 rings (SSSR count). The quantitative estimate of drug-likeness (QED) is 0.830. The number of morpholine rings is 1. The molecule has 138 valence electrons. The van der Waals surface area contributed by atoms with Gasteiger partial charge in [0.05, 0.1) is 19.3 Å². The monoisotopic (exact) mass is 367 g/mol. The molecule has 1 amide bonds. The fraction of sp³-hybridized carbons (Fsp3) is 0.588. The van der Waals surface area contributed by atoms with Crippen LogP contribution in [0.1, 0.15) is 43.0 Å². The predicted molar refractivity (Wildman–Crippen MR) is 95.7 cm³/mol. The summed E-state index contributed by atoms with van der Waals surface area (Å²) in [4.78, 5) is 14.3. The van der Waals surface area contributed by atoms with Crippen LogP contribution in [0.15, 0.2) is 24.3 Å². The smallest absolute Gasteiger partial charge is 0.299 e. The Balaban J connectivity index is 1.62. The van der Waals surface area contributed by atoms with Gasteiger partial charge < -0.3 is 9.64 Å². The first-order chi connectivity index (χ1) is 11.9. The summed E-state index contributed by atoms with van der Waals surface area (Å²) in [5.41, 5.74) is 0.984. The van der Waals surface area contributed by atoms with Gasteiger partial charge in [-0.1, -0.05) is 12.8 Å². The summed E-state index contributed by atoms with van der Waals surface area (Å²) in [6, 6.07) is 6.59. The minimum Gasteiger partial charge on any atom is -0.377 e. The van der Waals surface area contributed by atoms with Gasteiger partial charge in [0.2, 0.25) is 0 Å². The standard InChI is InChI=1S/C17H25N3O4S/c1-13-12-24-11-10-20(13)17(21)14-6-8-16(9-7-14)19-25(22,23)18-15-4-2-3-5-15/h6-9,13,15,18-19H,2-5,10-12H2,1H3. The lowest BCUT2D eigenvalue weighted by atomic mass is 10.1. The first kappa shape index (κ1) is 18.2. The summed E-state index contributed by atoms with van der Waals surface area (Å²) in [5, 5.41) is 0. The molecule has 1 atom stereocenters. The molecule has 1 aliphatic carbocycles. The molecule has 1 aliphatic heterocycles. The van der Waals surface area contributed by atoms with Crippen LogP contribution in [0.3, 0.4) is 0 Å². The average Bonchev–Trinajstić information content (AvgIpc) is 3.07. The lowest BCUT2D eigenvalue weighted by molar-refractivity contribution is 0.00359. The molecule has 1 unspecified atom stereocenters. The number of nitrogens with one attached hydrogen (secondary N) is 2. The normalized spacial score (nSPS) is 22.1. The molecule has 1 heterocycles. The lowest BCUT2D eigenvalue weighted by Crippen LogP contribution is -2.47. The van der Waals surface area contributed by atoms with E-state index in [1.165, 1.54) is 0 Å². The van der Waals surface area contributed by atoms with Crippen molar-refractivity contribution in [3.8, 4) is 0 Å². The van der Waals surface area contributed by atoms with E-state index in [1.54, 1.807) is 29.2 Å². The van der Waals surface area contributed by atoms with Crippen LogP contribution in [0.4, 0.5) is 5.69 Å². The molecular formula is C17H25N3O4S. The maximum absolute atomic E-state index is 12.6. The van der Waals surface area contributed by atoms with E-state index in [9.17, 15) is 13.2 Å². The van der Waals surface area contributed by atoms with Crippen LogP contribution in [0, 0.1) is 0 Å². The van der Waals surface area contributed by atoms with E-state index in [0.717, 1.165) is 25.7 Å². The second-order valence-electron chi connectivity index (χ2n) is 6.70. The van der Waals surface area contributed by atoms with Gasteiger partial charge in [0.1, 0.15) is 0 Å². The van der Waals surface area contributed by atoms with Crippen molar-refractivity contribution in [1.29, 1.82) is 0 Å². The molecule has 0 spiro atoms. The van der Waals surface area contributed by atoms with Gasteiger partial charge in [-0.3, -0.25) is 9.52 Å². The molecule has 0 aromatic heterocycles. The van der Waals surface area contributed by atoms with E-state index in [1.807, 2.05) is 6.92 Å². The summed E-state index contributed by atoms with van der Waals surface area (Å²) < 4.78 is 34.8. The van der Waals surface area contributed by atoms with E-state index in [-0.39, 0.29) is 18.0 Å². The van der Waals surface area contributed by atoms with Crippen molar-refractivity contribution in [3.63, 3.8) is 0 Å². The molecule has 7 nitrogen and oxygen atoms in total. The first-order valence-corrected chi connectivity index (χ1v) is 10.2. The molecule has 0 radical (unpaired) electrons. The number of hydrogen-bond acceptors (Lipinski definition) is 4. The number of nitrogens with zero attached hydrogens (tertiary/aromatic N) is 1. The highest BCUT2D eigenvalue weighted by molar-refractivity contribution is 7.90. The number of hydrogen-bond donors (Lipinski definition) is 2. The van der Waals surface area contributed by atoms with Crippen molar-refractivity contribution in [2.24, 2.45) is 0 Å². The Morgan fingerprint density at radius 1 is 1.20 bits per heavy atom. The van der Waals surface area contributed by atoms with Crippen molar-refractivity contribution in [3.05, 3.63) is 29.8 Å². The van der Waals surface area contributed by atoms with Crippen LogP contribution < -0.4 is 9.44 Å². The van der Waals surface area contributed by atoms with Crippen molar-refractivity contribution in [1.82, 2.24) is 9.62 Å². The molecular weight excluding hydrogens is 342 g/mol. The van der Waals surface area contributed by atoms with Gasteiger partial charge in [-0.25, -0.2) is 0 Å². The first-order valence-electron chi connectivity index (χ1n) is 8.73. The van der Waals surface area contributed by atoms with Crippen LogP contribution in [0.25, 0.3) is 0 Å². The number of benzene rings is 1. The Labute approximate surface area is 148 Å². The highest BCUT2D eigenvalue weighted by Crippen LogP contribution is 2.19. The van der Waals surface area contributed by atoms with Crippen LogP contribution in [0.2, 0.25) is 0 Å². The number of rotatable bonds is 5. The van der Waals surface area contributed by atoms with Crippen LogP contribution in [-0.2, 0) is 14.9 Å². The minimum absolute atomic E-state index is 0.0150. The van der Waals surface area contributed by atoms with Crippen LogP contribution in [0.5, 0.6) is 0 Å². The molecule has 2 N–H and O–H groups in total. The summed E-state index contributed by atoms with van der Waals surface area (Å²) in [5.74, 6) is -0.0608. The van der Waals surface area contributed by atoms with Gasteiger partial charge in [0.25, 0.3) is 16.1 Å². The number of anilines is 1. The van der Waals surface area contributed by atoms with Crippen molar-refractivity contribution >= 4 is 21.8 Å². The van der Waals surface area contributed by atoms with Crippen molar-refractivity contribution in [2.45, 2.75) is 44.7 Å². The Morgan fingerprint density at radius 2 is 1.88 bits per heavy atom. The SMILES string of the molecule is CC1COCCN1C(=O)c1ccc(NS(=O)(=O)NC2CCCC2)cc1. The van der Waals surface area contributed by atoms with Crippen LogP contribution in [-0.4, -0.2) is 51.1 Å². The summed E-state index contributed by atoms with van der Waals surface area (Å²) in [6.07, 6.45) is 3.88. The Bertz CT molecular complexity index is 699. The molecule has 25 heavy (non-hydrogen) atoms. The Hall–Kier alpha value is -1.64. The van der Waals surface area contributed by atoms with E-state index in [4.69, 9.17) is 4.74 Å². The topological polar surface area (TPSA) is 87.7 Å². The third-order valence-electron chi connectivity index (χ3n) is 4.69. The van der Waals surface area contributed by atoms with Gasteiger partial charge in [0, 0.05) is 23.8 Å². The highest BCUT2D eigenvalue weighted by atomic mass is 32.2. The van der Waals surface area contributed by atoms with E-state index in [0.29, 0.717) is 31.0 Å². The molecule has 1 saturated carbocycles. The number of amides is 1. The van der Waals surface area contributed by atoms with Crippen molar-refractivity contribution in [2.75, 3.05) is 24.5 Å². The molecule has 2 aliphatic rings. The number of carbonyl (C=O) groups is 1. The molecule has 1 aromatic rings. The minimum atomic E-state index is -3.59. The summed E-state index contributed by atoms with van der Waals surface area (Å²) >= 11 is 0. The van der Waals surface area contributed by atoms with Crippen LogP contribution >= 0.6 is 0 Å². The Kier molecular flexibility index (Phi) is 5.61. The molecule has 8 heteroatoms. The third-order valence-corrected chi connectivity index (χ3v) is 5.84. The molecule has 1 saturated heterocycles. The molecule has 2 fully saturated rings. The number of ether oxygens (including phenoxy) is 1. The molecule has 0 bridgehead atoms. The van der Waals surface area contributed by atoms with Gasteiger partial charge in [0.15, 0.2) is 0 Å². The maximum Gasteiger partial charge on any atom is 0.299 e. The third kappa shape index (κ3) is 4.71. The van der Waals surface area contributed by atoms with E-state index >= 15 is 0 Å². The van der Waals surface area contributed by atoms with Gasteiger partial charge in [-0.2, -0.15) is 13.1 Å². The second-order valence-corrected chi connectivity index (χ2v) is 8.15. The van der Waals surface area contributed by atoms with E-state index in [2.05, 4.69) is 9.44 Å². The summed E-state index contributed by atoms with van der Waals surface area (Å²) in [6.45, 7) is 3.60. The fourth-order valence-corrected chi connectivity index (χ4v) is 4.50. The molecule has 1 aromatic carbocycles. The average molecular weight is 367 g/mol. The zero-order valence-electron chi connectivity index (χ0n) is 14.4. The summed E-state index contributed by atoms with van der Waals surface area (Å²) in [7, 11) is -3.59. The van der Waals surface area contributed by atoms with Gasteiger partial charge in [-0.15, -0.1) is 0 Å².